The Morgan fingerprint density at radius 1 is 1.31 bits per heavy atom. The number of carboxylic acid groups (broad SMARTS) is 1. The van der Waals surface area contributed by atoms with E-state index in [1.165, 1.54) is 0 Å². The van der Waals surface area contributed by atoms with Crippen LogP contribution in [-0.2, 0) is 4.79 Å². The molecule has 1 unspecified atom stereocenters. The van der Waals surface area contributed by atoms with E-state index in [2.05, 4.69) is 5.32 Å². The number of carboxylic acids is 1. The highest BCUT2D eigenvalue weighted by Crippen LogP contribution is 2.14. The summed E-state index contributed by atoms with van der Waals surface area (Å²) in [5.41, 5.74) is -0.787. The van der Waals surface area contributed by atoms with Gasteiger partial charge in [0.25, 0.3) is 0 Å². The van der Waals surface area contributed by atoms with Crippen molar-refractivity contribution in [2.24, 2.45) is 5.92 Å². The maximum atomic E-state index is 11.0. The van der Waals surface area contributed by atoms with Gasteiger partial charge in [0, 0.05) is 6.54 Å². The lowest BCUT2D eigenvalue weighted by Gasteiger charge is -2.28. The molecular formula is C12H25NO3. The van der Waals surface area contributed by atoms with Crippen LogP contribution in [0.5, 0.6) is 0 Å². The SMILES string of the molecule is CCC(O)(CC)CNC(CC(C)C)C(=O)O. The number of hydrogen-bond acceptors (Lipinski definition) is 3. The number of nitrogens with one attached hydrogen (secondary N) is 1. The molecule has 0 aliphatic carbocycles. The third kappa shape index (κ3) is 5.47. The zero-order valence-corrected chi connectivity index (χ0v) is 10.8. The number of rotatable bonds is 8. The van der Waals surface area contributed by atoms with E-state index in [1.54, 1.807) is 0 Å². The Balaban J connectivity index is 4.26. The van der Waals surface area contributed by atoms with Crippen LogP contribution in [0.1, 0.15) is 47.0 Å². The van der Waals surface area contributed by atoms with Crippen molar-refractivity contribution in [2.45, 2.75) is 58.6 Å². The summed E-state index contributed by atoms with van der Waals surface area (Å²) < 4.78 is 0. The second-order valence-electron chi connectivity index (χ2n) is 4.83. The Hall–Kier alpha value is -0.610. The standard InChI is InChI=1S/C12H25NO3/c1-5-12(16,6-2)8-13-10(11(14)15)7-9(3)4/h9-10,13,16H,5-8H2,1-4H3,(H,14,15). The van der Waals surface area contributed by atoms with Crippen molar-refractivity contribution in [2.75, 3.05) is 6.54 Å². The first-order chi connectivity index (χ1) is 7.34. The van der Waals surface area contributed by atoms with Gasteiger partial charge in [-0.25, -0.2) is 0 Å². The monoisotopic (exact) mass is 231 g/mol. The van der Waals surface area contributed by atoms with Crippen LogP contribution in [0, 0.1) is 5.92 Å². The van der Waals surface area contributed by atoms with E-state index in [0.29, 0.717) is 31.7 Å². The van der Waals surface area contributed by atoms with Gasteiger partial charge in [-0.3, -0.25) is 4.79 Å². The molecule has 0 fully saturated rings. The molecular weight excluding hydrogens is 206 g/mol. The molecule has 0 aromatic heterocycles. The minimum absolute atomic E-state index is 0.324. The Morgan fingerprint density at radius 3 is 2.12 bits per heavy atom. The van der Waals surface area contributed by atoms with Gasteiger partial charge < -0.3 is 15.5 Å². The van der Waals surface area contributed by atoms with Crippen LogP contribution in [0.3, 0.4) is 0 Å². The molecule has 0 saturated carbocycles. The molecule has 96 valence electrons. The molecule has 0 aliphatic rings. The second kappa shape index (κ2) is 6.86. The molecule has 1 atom stereocenters. The van der Waals surface area contributed by atoms with E-state index < -0.39 is 17.6 Å². The predicted octanol–water partition coefficient (Wildman–Crippen LogP) is 1.63. The normalized spacial score (nSPS) is 14.1. The van der Waals surface area contributed by atoms with Crippen molar-refractivity contribution in [1.82, 2.24) is 5.32 Å². The first-order valence-electron chi connectivity index (χ1n) is 6.03. The first-order valence-corrected chi connectivity index (χ1v) is 6.03. The summed E-state index contributed by atoms with van der Waals surface area (Å²) in [4.78, 5) is 11.0. The summed E-state index contributed by atoms with van der Waals surface area (Å²) in [6.07, 6.45) is 1.84. The molecule has 4 nitrogen and oxygen atoms in total. The largest absolute Gasteiger partial charge is 0.480 e. The van der Waals surface area contributed by atoms with Crippen molar-refractivity contribution in [3.63, 3.8) is 0 Å². The molecule has 3 N–H and O–H groups in total. The zero-order chi connectivity index (χ0) is 12.8. The Kier molecular flexibility index (Phi) is 6.60. The van der Waals surface area contributed by atoms with E-state index in [1.807, 2.05) is 27.7 Å². The number of aliphatic carboxylic acids is 1. The predicted molar refractivity (Wildman–Crippen MR) is 64.4 cm³/mol. The third-order valence-electron chi connectivity index (χ3n) is 3.00. The summed E-state index contributed by atoms with van der Waals surface area (Å²) in [7, 11) is 0. The van der Waals surface area contributed by atoms with Crippen LogP contribution < -0.4 is 5.32 Å². The highest BCUT2D eigenvalue weighted by atomic mass is 16.4. The lowest BCUT2D eigenvalue weighted by molar-refractivity contribution is -0.140. The van der Waals surface area contributed by atoms with Crippen molar-refractivity contribution >= 4 is 5.97 Å². The van der Waals surface area contributed by atoms with Gasteiger partial charge in [0.1, 0.15) is 6.04 Å². The highest BCUT2D eigenvalue weighted by molar-refractivity contribution is 5.73. The molecule has 4 heteroatoms. The van der Waals surface area contributed by atoms with Gasteiger partial charge in [-0.2, -0.15) is 0 Å². The first kappa shape index (κ1) is 15.4. The Bertz CT molecular complexity index is 212. The fourth-order valence-corrected chi connectivity index (χ4v) is 1.56. The summed E-state index contributed by atoms with van der Waals surface area (Å²) in [5, 5.41) is 22.0. The van der Waals surface area contributed by atoms with E-state index in [9.17, 15) is 9.90 Å². The van der Waals surface area contributed by atoms with Crippen LogP contribution in [0.15, 0.2) is 0 Å². The van der Waals surface area contributed by atoms with Crippen molar-refractivity contribution in [1.29, 1.82) is 0 Å². The van der Waals surface area contributed by atoms with Crippen molar-refractivity contribution in [3.8, 4) is 0 Å². The number of hydrogen-bond donors (Lipinski definition) is 3. The Labute approximate surface area is 98.1 Å². The van der Waals surface area contributed by atoms with E-state index >= 15 is 0 Å². The van der Waals surface area contributed by atoms with E-state index in [4.69, 9.17) is 5.11 Å². The third-order valence-corrected chi connectivity index (χ3v) is 3.00. The molecule has 0 saturated heterocycles. The molecule has 0 aliphatic heterocycles. The maximum absolute atomic E-state index is 11.0. The van der Waals surface area contributed by atoms with Crippen LogP contribution >= 0.6 is 0 Å². The fourth-order valence-electron chi connectivity index (χ4n) is 1.56. The van der Waals surface area contributed by atoms with Gasteiger partial charge in [-0.15, -0.1) is 0 Å². The summed E-state index contributed by atoms with van der Waals surface area (Å²) >= 11 is 0. The molecule has 16 heavy (non-hydrogen) atoms. The molecule has 0 rings (SSSR count). The van der Waals surface area contributed by atoms with Gasteiger partial charge in [-0.1, -0.05) is 27.7 Å². The van der Waals surface area contributed by atoms with Crippen molar-refractivity contribution < 1.29 is 15.0 Å². The van der Waals surface area contributed by atoms with Gasteiger partial charge in [0.15, 0.2) is 0 Å². The van der Waals surface area contributed by atoms with Crippen LogP contribution in [0.25, 0.3) is 0 Å². The zero-order valence-electron chi connectivity index (χ0n) is 10.8. The van der Waals surface area contributed by atoms with Crippen LogP contribution in [0.4, 0.5) is 0 Å². The molecule has 0 heterocycles. The lowest BCUT2D eigenvalue weighted by atomic mass is 9.96. The van der Waals surface area contributed by atoms with E-state index in [0.717, 1.165) is 0 Å². The van der Waals surface area contributed by atoms with Gasteiger partial charge in [0.05, 0.1) is 5.60 Å². The minimum Gasteiger partial charge on any atom is -0.480 e. The molecule has 0 amide bonds. The molecule has 0 radical (unpaired) electrons. The van der Waals surface area contributed by atoms with Crippen LogP contribution in [-0.4, -0.2) is 34.4 Å². The molecule has 0 aromatic carbocycles. The smallest absolute Gasteiger partial charge is 0.320 e. The maximum Gasteiger partial charge on any atom is 0.320 e. The number of aliphatic hydroxyl groups is 1. The quantitative estimate of drug-likeness (QED) is 0.594. The van der Waals surface area contributed by atoms with Gasteiger partial charge >= 0.3 is 5.97 Å². The van der Waals surface area contributed by atoms with Gasteiger partial charge in [-0.05, 0) is 25.2 Å². The Morgan fingerprint density at radius 2 is 1.81 bits per heavy atom. The lowest BCUT2D eigenvalue weighted by Crippen LogP contribution is -2.47. The average Bonchev–Trinajstić information content (AvgIpc) is 2.23. The fraction of sp³-hybridized carbons (Fsp3) is 0.917. The van der Waals surface area contributed by atoms with E-state index in [-0.39, 0.29) is 0 Å². The second-order valence-corrected chi connectivity index (χ2v) is 4.83. The molecule has 0 spiro atoms. The van der Waals surface area contributed by atoms with Crippen LogP contribution in [0.2, 0.25) is 0 Å². The minimum atomic E-state index is -0.844. The summed E-state index contributed by atoms with van der Waals surface area (Å²) in [6, 6.07) is -0.565. The highest BCUT2D eigenvalue weighted by Gasteiger charge is 2.26. The molecule has 0 aromatic rings. The van der Waals surface area contributed by atoms with Gasteiger partial charge in [0.2, 0.25) is 0 Å². The number of carbonyl (C=O) groups is 1. The average molecular weight is 231 g/mol. The van der Waals surface area contributed by atoms with Crippen molar-refractivity contribution in [3.05, 3.63) is 0 Å². The topological polar surface area (TPSA) is 69.6 Å². The summed E-state index contributed by atoms with van der Waals surface area (Å²) in [6.45, 7) is 8.13. The molecule has 0 bridgehead atoms. The summed E-state index contributed by atoms with van der Waals surface area (Å²) in [5.74, 6) is -0.520.